The summed E-state index contributed by atoms with van der Waals surface area (Å²) in [4.78, 5) is 13.6. The van der Waals surface area contributed by atoms with Crippen molar-refractivity contribution in [2.45, 2.75) is 26.1 Å². The van der Waals surface area contributed by atoms with Crippen LogP contribution in [-0.4, -0.2) is 59.5 Å². The van der Waals surface area contributed by atoms with Crippen LogP contribution in [0, 0.1) is 0 Å². The number of methoxy groups -OCH3 is 1. The second-order valence-corrected chi connectivity index (χ2v) is 6.55. The van der Waals surface area contributed by atoms with E-state index in [0.29, 0.717) is 6.54 Å². The molecule has 0 bridgehead atoms. The normalized spacial score (nSPS) is 14.1. The van der Waals surface area contributed by atoms with Crippen LogP contribution >= 0.6 is 0 Å². The Morgan fingerprint density at radius 1 is 1.26 bits per heavy atom. The lowest BCUT2D eigenvalue weighted by Crippen LogP contribution is -2.31. The van der Waals surface area contributed by atoms with Gasteiger partial charge in [0.15, 0.2) is 0 Å². The molecule has 0 aromatic carbocycles. The van der Waals surface area contributed by atoms with Gasteiger partial charge < -0.3 is 4.74 Å². The third kappa shape index (κ3) is 3.85. The van der Waals surface area contributed by atoms with Gasteiger partial charge in [-0.2, -0.15) is 15.3 Å². The van der Waals surface area contributed by atoms with Gasteiger partial charge in [0, 0.05) is 44.9 Å². The first-order valence-corrected chi connectivity index (χ1v) is 8.63. The Morgan fingerprint density at radius 2 is 2.15 bits per heavy atom. The highest BCUT2D eigenvalue weighted by Crippen LogP contribution is 2.23. The van der Waals surface area contributed by atoms with Crippen LogP contribution in [0.2, 0.25) is 0 Å². The number of esters is 1. The first-order chi connectivity index (χ1) is 13.1. The highest BCUT2D eigenvalue weighted by atomic mass is 16.5. The van der Waals surface area contributed by atoms with Crippen molar-refractivity contribution in [2.75, 3.05) is 13.7 Å². The Hall–Kier alpha value is -3.14. The predicted molar refractivity (Wildman–Crippen MR) is 94.1 cm³/mol. The quantitative estimate of drug-likeness (QED) is 0.588. The fourth-order valence-electron chi connectivity index (χ4n) is 3.13. The molecule has 3 aromatic rings. The van der Waals surface area contributed by atoms with Crippen molar-refractivity contribution in [3.63, 3.8) is 0 Å². The zero-order chi connectivity index (χ0) is 18.8. The Balaban J connectivity index is 1.45. The fraction of sp³-hybridized carbons (Fsp3) is 0.412. The molecule has 0 atom stereocenters. The number of aromatic nitrogens is 7. The van der Waals surface area contributed by atoms with Gasteiger partial charge in [-0.25, -0.2) is 4.68 Å². The van der Waals surface area contributed by atoms with Crippen LogP contribution in [-0.2, 0) is 42.6 Å². The van der Waals surface area contributed by atoms with Crippen molar-refractivity contribution >= 4 is 5.97 Å². The molecule has 0 unspecified atom stereocenters. The summed E-state index contributed by atoms with van der Waals surface area (Å²) >= 11 is 0. The Morgan fingerprint density at radius 3 is 2.93 bits per heavy atom. The van der Waals surface area contributed by atoms with Crippen molar-refractivity contribution < 1.29 is 9.53 Å². The molecular weight excluding hydrogens is 348 g/mol. The standard InChI is InChI=1S/C17H20N8O2/c1-23-7-13(6-18-23)16-5-12-8-24(4-3-15(12)20-21-16)9-14-10-25(22-19-14)11-17(26)27-2/h5-7,10H,3-4,8-9,11H2,1-2H3. The molecular formula is C17H20N8O2. The Labute approximate surface area is 155 Å². The van der Waals surface area contributed by atoms with E-state index in [4.69, 9.17) is 0 Å². The Kier molecular flexibility index (Phi) is 4.63. The van der Waals surface area contributed by atoms with Gasteiger partial charge in [0.25, 0.3) is 0 Å². The molecule has 0 N–H and O–H groups in total. The van der Waals surface area contributed by atoms with Crippen LogP contribution in [0.25, 0.3) is 11.3 Å². The van der Waals surface area contributed by atoms with E-state index >= 15 is 0 Å². The van der Waals surface area contributed by atoms with Crippen LogP contribution in [0.5, 0.6) is 0 Å². The molecule has 0 saturated carbocycles. The smallest absolute Gasteiger partial charge is 0.327 e. The minimum atomic E-state index is -0.347. The van der Waals surface area contributed by atoms with E-state index in [1.807, 2.05) is 13.2 Å². The van der Waals surface area contributed by atoms with Gasteiger partial charge in [0.05, 0.1) is 36.6 Å². The molecule has 4 rings (SSSR count). The summed E-state index contributed by atoms with van der Waals surface area (Å²) in [5.41, 5.74) is 4.80. The van der Waals surface area contributed by atoms with Gasteiger partial charge in [-0.05, 0) is 11.6 Å². The lowest BCUT2D eigenvalue weighted by atomic mass is 10.0. The molecule has 0 aliphatic carbocycles. The van der Waals surface area contributed by atoms with Gasteiger partial charge in [0.1, 0.15) is 6.54 Å². The number of fused-ring (bicyclic) bond motifs is 1. The summed E-state index contributed by atoms with van der Waals surface area (Å²) in [6.45, 7) is 2.36. The monoisotopic (exact) mass is 368 g/mol. The predicted octanol–water partition coefficient (Wildman–Crippen LogP) is 0.200. The largest absolute Gasteiger partial charge is 0.468 e. The fourth-order valence-corrected chi connectivity index (χ4v) is 3.13. The summed E-state index contributed by atoms with van der Waals surface area (Å²) in [5, 5.41) is 21.0. The molecule has 1 aliphatic rings. The Bertz CT molecular complexity index is 964. The van der Waals surface area contributed by atoms with E-state index in [-0.39, 0.29) is 12.5 Å². The van der Waals surface area contributed by atoms with Crippen molar-refractivity contribution in [1.82, 2.24) is 39.9 Å². The van der Waals surface area contributed by atoms with E-state index in [1.54, 1.807) is 17.1 Å². The third-order valence-electron chi connectivity index (χ3n) is 4.51. The maximum absolute atomic E-state index is 11.3. The molecule has 0 fully saturated rings. The summed E-state index contributed by atoms with van der Waals surface area (Å²) in [5.74, 6) is -0.347. The molecule has 0 spiro atoms. The SMILES string of the molecule is COC(=O)Cn1cc(CN2CCc3nnc(-c4cnn(C)c4)cc3C2)nn1. The molecule has 140 valence electrons. The number of carbonyl (C=O) groups excluding carboxylic acids is 1. The van der Waals surface area contributed by atoms with Gasteiger partial charge in [-0.3, -0.25) is 14.4 Å². The van der Waals surface area contributed by atoms with Crippen LogP contribution < -0.4 is 0 Å². The number of hydrogen-bond acceptors (Lipinski definition) is 8. The average Bonchev–Trinajstić information content (AvgIpc) is 3.30. The van der Waals surface area contributed by atoms with Crippen LogP contribution in [0.1, 0.15) is 17.0 Å². The maximum Gasteiger partial charge on any atom is 0.327 e. The maximum atomic E-state index is 11.3. The van der Waals surface area contributed by atoms with Gasteiger partial charge in [0.2, 0.25) is 0 Å². The minimum absolute atomic E-state index is 0.0659. The third-order valence-corrected chi connectivity index (χ3v) is 4.51. The van der Waals surface area contributed by atoms with Crippen molar-refractivity contribution in [3.8, 4) is 11.3 Å². The van der Waals surface area contributed by atoms with Crippen LogP contribution in [0.4, 0.5) is 0 Å². The van der Waals surface area contributed by atoms with Crippen molar-refractivity contribution in [2.24, 2.45) is 7.05 Å². The first-order valence-electron chi connectivity index (χ1n) is 8.63. The summed E-state index contributed by atoms with van der Waals surface area (Å²) in [6.07, 6.45) is 6.33. The van der Waals surface area contributed by atoms with Gasteiger partial charge >= 0.3 is 5.97 Å². The van der Waals surface area contributed by atoms with E-state index in [2.05, 4.69) is 41.3 Å². The number of hydrogen-bond donors (Lipinski definition) is 0. The molecule has 1 aliphatic heterocycles. The lowest BCUT2D eigenvalue weighted by Gasteiger charge is -2.27. The van der Waals surface area contributed by atoms with Crippen molar-refractivity contribution in [3.05, 3.63) is 41.6 Å². The number of carbonyl (C=O) groups is 1. The highest BCUT2D eigenvalue weighted by Gasteiger charge is 2.20. The molecule has 10 heteroatoms. The van der Waals surface area contributed by atoms with E-state index < -0.39 is 0 Å². The molecule has 0 amide bonds. The van der Waals surface area contributed by atoms with Gasteiger partial charge in [-0.1, -0.05) is 5.21 Å². The van der Waals surface area contributed by atoms with E-state index in [0.717, 1.165) is 47.7 Å². The summed E-state index contributed by atoms with van der Waals surface area (Å²) in [6, 6.07) is 2.08. The molecule has 4 heterocycles. The van der Waals surface area contributed by atoms with Crippen molar-refractivity contribution in [1.29, 1.82) is 0 Å². The van der Waals surface area contributed by atoms with E-state index in [1.165, 1.54) is 11.8 Å². The number of ether oxygens (including phenoxy) is 1. The number of aryl methyl sites for hydroxylation is 1. The molecule has 3 aromatic heterocycles. The molecule has 0 radical (unpaired) electrons. The second-order valence-electron chi connectivity index (χ2n) is 6.55. The van der Waals surface area contributed by atoms with E-state index in [9.17, 15) is 4.79 Å². The second kappa shape index (κ2) is 7.23. The topological polar surface area (TPSA) is 104 Å². The summed E-state index contributed by atoms with van der Waals surface area (Å²) in [7, 11) is 3.23. The molecule has 27 heavy (non-hydrogen) atoms. The zero-order valence-corrected chi connectivity index (χ0v) is 15.2. The zero-order valence-electron chi connectivity index (χ0n) is 15.2. The number of rotatable bonds is 5. The highest BCUT2D eigenvalue weighted by molar-refractivity contribution is 5.68. The first kappa shape index (κ1) is 17.3. The van der Waals surface area contributed by atoms with Crippen LogP contribution in [0.3, 0.4) is 0 Å². The molecule has 10 nitrogen and oxygen atoms in total. The average molecular weight is 368 g/mol. The van der Waals surface area contributed by atoms with Crippen LogP contribution in [0.15, 0.2) is 24.7 Å². The molecule has 0 saturated heterocycles. The minimum Gasteiger partial charge on any atom is -0.468 e. The number of nitrogens with zero attached hydrogens (tertiary/aromatic N) is 8. The van der Waals surface area contributed by atoms with Gasteiger partial charge in [-0.15, -0.1) is 5.10 Å². The summed E-state index contributed by atoms with van der Waals surface area (Å²) < 4.78 is 7.89. The lowest BCUT2D eigenvalue weighted by molar-refractivity contribution is -0.141.